The van der Waals surface area contributed by atoms with Crippen LogP contribution >= 0.6 is 27.7 Å². The van der Waals surface area contributed by atoms with Crippen LogP contribution in [-0.4, -0.2) is 11.7 Å². The second kappa shape index (κ2) is 5.62. The van der Waals surface area contributed by atoms with Crippen LogP contribution in [0.25, 0.3) is 0 Å². The molecule has 1 aliphatic heterocycles. The lowest BCUT2D eigenvalue weighted by Gasteiger charge is -2.12. The smallest absolute Gasteiger partial charge is 0.232 e. The quantitative estimate of drug-likeness (QED) is 0.860. The molecule has 20 heavy (non-hydrogen) atoms. The van der Waals surface area contributed by atoms with Crippen LogP contribution in [0.15, 0.2) is 51.8 Å². The van der Waals surface area contributed by atoms with Gasteiger partial charge in [0.1, 0.15) is 0 Å². The molecule has 1 N–H and O–H groups in total. The van der Waals surface area contributed by atoms with E-state index in [0.29, 0.717) is 0 Å². The molecular weight excluding hydrogens is 334 g/mol. The molecule has 0 fully saturated rings. The van der Waals surface area contributed by atoms with Gasteiger partial charge in [0.25, 0.3) is 0 Å². The van der Waals surface area contributed by atoms with E-state index in [1.807, 2.05) is 43.3 Å². The molecule has 0 saturated carbocycles. The Kier molecular flexibility index (Phi) is 3.85. The second-order valence-corrected chi connectivity index (χ2v) is 6.77. The van der Waals surface area contributed by atoms with Crippen molar-refractivity contribution in [3.63, 3.8) is 0 Å². The molecule has 2 nitrogen and oxygen atoms in total. The average Bonchev–Trinajstić information content (AvgIpc) is 2.87. The van der Waals surface area contributed by atoms with Crippen LogP contribution < -0.4 is 5.32 Å². The Hall–Kier alpha value is -1.26. The van der Waals surface area contributed by atoms with Crippen LogP contribution in [0, 0.1) is 6.92 Å². The van der Waals surface area contributed by atoms with E-state index in [0.717, 1.165) is 27.0 Å². The average molecular weight is 348 g/mol. The van der Waals surface area contributed by atoms with E-state index in [-0.39, 0.29) is 11.8 Å². The highest BCUT2D eigenvalue weighted by Gasteiger charge is 2.28. The molecule has 1 unspecified atom stereocenters. The summed E-state index contributed by atoms with van der Waals surface area (Å²) < 4.78 is 1.01. The molecule has 0 radical (unpaired) electrons. The van der Waals surface area contributed by atoms with Gasteiger partial charge in [-0.3, -0.25) is 4.79 Å². The first-order valence-corrected chi connectivity index (χ1v) is 8.22. The largest absolute Gasteiger partial charge is 0.325 e. The van der Waals surface area contributed by atoms with Crippen LogP contribution in [0.3, 0.4) is 0 Å². The van der Waals surface area contributed by atoms with Crippen LogP contribution in [0.1, 0.15) is 17.0 Å². The molecule has 1 atom stereocenters. The highest BCUT2D eigenvalue weighted by atomic mass is 79.9. The lowest BCUT2D eigenvalue weighted by atomic mass is 10.0. The molecular formula is C16H14BrNOS. The van der Waals surface area contributed by atoms with Gasteiger partial charge in [-0.2, -0.15) is 0 Å². The third-order valence-corrected chi connectivity index (χ3v) is 5.49. The van der Waals surface area contributed by atoms with E-state index in [4.69, 9.17) is 0 Å². The van der Waals surface area contributed by atoms with Crippen molar-refractivity contribution in [3.8, 4) is 0 Å². The van der Waals surface area contributed by atoms with Gasteiger partial charge in [-0.05, 0) is 36.2 Å². The van der Waals surface area contributed by atoms with Gasteiger partial charge in [-0.1, -0.05) is 40.2 Å². The van der Waals surface area contributed by atoms with Crippen molar-refractivity contribution in [2.45, 2.75) is 17.7 Å². The molecule has 4 heteroatoms. The Bertz CT molecular complexity index is 671. The maximum absolute atomic E-state index is 12.4. The molecule has 1 amide bonds. The van der Waals surface area contributed by atoms with Gasteiger partial charge in [-0.25, -0.2) is 0 Å². The molecule has 2 aromatic carbocycles. The van der Waals surface area contributed by atoms with Crippen molar-refractivity contribution >= 4 is 39.3 Å². The first-order valence-electron chi connectivity index (χ1n) is 6.44. The normalized spacial score (nSPS) is 16.8. The summed E-state index contributed by atoms with van der Waals surface area (Å²) in [6, 6.07) is 14.0. The molecule has 0 bridgehead atoms. The number of hydrogen-bond donors (Lipinski definition) is 1. The number of carbonyl (C=O) groups is 1. The van der Waals surface area contributed by atoms with E-state index in [1.54, 1.807) is 11.8 Å². The third kappa shape index (κ3) is 2.63. The number of nitrogens with one attached hydrogen (secondary N) is 1. The number of halogens is 1. The summed E-state index contributed by atoms with van der Waals surface area (Å²) in [6.45, 7) is 2.03. The Balaban J connectivity index is 1.79. The zero-order valence-corrected chi connectivity index (χ0v) is 13.4. The number of thioether (sulfide) groups is 1. The number of aryl methyl sites for hydroxylation is 1. The van der Waals surface area contributed by atoms with Gasteiger partial charge in [-0.15, -0.1) is 11.8 Å². The van der Waals surface area contributed by atoms with Crippen molar-refractivity contribution < 1.29 is 4.79 Å². The summed E-state index contributed by atoms with van der Waals surface area (Å²) in [7, 11) is 0. The molecule has 0 aliphatic carbocycles. The molecule has 1 aliphatic rings. The molecule has 0 spiro atoms. The first kappa shape index (κ1) is 13.7. The summed E-state index contributed by atoms with van der Waals surface area (Å²) in [6.07, 6.45) is 0. The van der Waals surface area contributed by atoms with Gasteiger partial charge in [0.05, 0.1) is 5.92 Å². The lowest BCUT2D eigenvalue weighted by molar-refractivity contribution is -0.117. The van der Waals surface area contributed by atoms with E-state index < -0.39 is 0 Å². The second-order valence-electron chi connectivity index (χ2n) is 4.85. The molecule has 1 heterocycles. The van der Waals surface area contributed by atoms with Crippen LogP contribution in [-0.2, 0) is 4.79 Å². The summed E-state index contributed by atoms with van der Waals surface area (Å²) in [5, 5.41) is 3.01. The van der Waals surface area contributed by atoms with Crippen molar-refractivity contribution in [1.29, 1.82) is 0 Å². The maximum atomic E-state index is 12.4. The SMILES string of the molecule is Cc1ccc(NC(=O)C2CSc3ccccc32)cc1Br. The first-order chi connectivity index (χ1) is 9.65. The van der Waals surface area contributed by atoms with Gasteiger partial charge in [0, 0.05) is 20.8 Å². The fourth-order valence-corrected chi connectivity index (χ4v) is 3.89. The van der Waals surface area contributed by atoms with E-state index >= 15 is 0 Å². The Morgan fingerprint density at radius 1 is 1.30 bits per heavy atom. The van der Waals surface area contributed by atoms with Gasteiger partial charge < -0.3 is 5.32 Å². The number of benzene rings is 2. The molecule has 102 valence electrons. The Morgan fingerprint density at radius 3 is 2.90 bits per heavy atom. The van der Waals surface area contributed by atoms with Gasteiger partial charge >= 0.3 is 0 Å². The molecule has 3 rings (SSSR count). The number of rotatable bonds is 2. The highest BCUT2D eigenvalue weighted by molar-refractivity contribution is 9.10. The zero-order chi connectivity index (χ0) is 14.1. The van der Waals surface area contributed by atoms with Crippen molar-refractivity contribution in [1.82, 2.24) is 0 Å². The maximum Gasteiger partial charge on any atom is 0.232 e. The highest BCUT2D eigenvalue weighted by Crippen LogP contribution is 2.39. The number of amides is 1. The molecule has 2 aromatic rings. The van der Waals surface area contributed by atoms with E-state index in [9.17, 15) is 4.79 Å². The van der Waals surface area contributed by atoms with Crippen LogP contribution in [0.5, 0.6) is 0 Å². The number of carbonyl (C=O) groups excluding carboxylic acids is 1. The summed E-state index contributed by atoms with van der Waals surface area (Å²) in [5.74, 6) is 0.826. The molecule has 0 saturated heterocycles. The minimum absolute atomic E-state index is 0.0590. The summed E-state index contributed by atoms with van der Waals surface area (Å²) in [4.78, 5) is 13.7. The lowest BCUT2D eigenvalue weighted by Crippen LogP contribution is -2.21. The van der Waals surface area contributed by atoms with Crippen molar-refractivity contribution in [3.05, 3.63) is 58.1 Å². The van der Waals surface area contributed by atoms with Crippen molar-refractivity contribution in [2.75, 3.05) is 11.1 Å². The third-order valence-electron chi connectivity index (χ3n) is 3.46. The zero-order valence-electron chi connectivity index (χ0n) is 11.0. The van der Waals surface area contributed by atoms with E-state index in [1.165, 1.54) is 4.90 Å². The number of hydrogen-bond acceptors (Lipinski definition) is 2. The number of anilines is 1. The predicted molar refractivity (Wildman–Crippen MR) is 87.4 cm³/mol. The summed E-state index contributed by atoms with van der Waals surface area (Å²) >= 11 is 5.24. The predicted octanol–water partition coefficient (Wildman–Crippen LogP) is 4.59. The van der Waals surface area contributed by atoms with Crippen LogP contribution in [0.2, 0.25) is 0 Å². The minimum Gasteiger partial charge on any atom is -0.325 e. The summed E-state index contributed by atoms with van der Waals surface area (Å²) in [5.41, 5.74) is 3.13. The number of fused-ring (bicyclic) bond motifs is 1. The standard InChI is InChI=1S/C16H14BrNOS/c1-10-6-7-11(8-14(10)17)18-16(19)13-9-20-15-5-3-2-4-12(13)15/h2-8,13H,9H2,1H3,(H,18,19). The topological polar surface area (TPSA) is 29.1 Å². The Labute approximate surface area is 131 Å². The monoisotopic (exact) mass is 347 g/mol. The van der Waals surface area contributed by atoms with Gasteiger partial charge in [0.15, 0.2) is 0 Å². The fourth-order valence-electron chi connectivity index (χ4n) is 2.28. The molecule has 0 aromatic heterocycles. The fraction of sp³-hybridized carbons (Fsp3) is 0.188. The van der Waals surface area contributed by atoms with Gasteiger partial charge in [0.2, 0.25) is 5.91 Å². The van der Waals surface area contributed by atoms with E-state index in [2.05, 4.69) is 27.3 Å². The minimum atomic E-state index is -0.0590. The Morgan fingerprint density at radius 2 is 2.10 bits per heavy atom. The van der Waals surface area contributed by atoms with Crippen molar-refractivity contribution in [2.24, 2.45) is 0 Å². The van der Waals surface area contributed by atoms with Crippen LogP contribution in [0.4, 0.5) is 5.69 Å².